The van der Waals surface area contributed by atoms with E-state index < -0.39 is 0 Å². The molecule has 0 heterocycles. The van der Waals surface area contributed by atoms with Crippen LogP contribution in [-0.2, 0) is 11.2 Å². The standard InChI is InChI=1S/C28H39ClN2O4/c1-19(24-16-21(12-14-32)8-11-27(24)35-3)31-26-10-9-23(17-25(26)29)28(33)30-18-22-6-4-20(5-7-22)13-15-34-2/h8-11,16-17,19-20,22,31-32H,4-7,12-15,18H2,1-3H3,(H,30,33). The maximum atomic E-state index is 12.7. The van der Waals surface area contributed by atoms with Crippen LogP contribution in [0.1, 0.15) is 66.6 Å². The first kappa shape index (κ1) is 27.3. The van der Waals surface area contributed by atoms with Gasteiger partial charge in [0.05, 0.1) is 23.9 Å². The highest BCUT2D eigenvalue weighted by Gasteiger charge is 2.22. The summed E-state index contributed by atoms with van der Waals surface area (Å²) in [5.41, 5.74) is 3.33. The van der Waals surface area contributed by atoms with Crippen molar-refractivity contribution in [2.24, 2.45) is 11.8 Å². The van der Waals surface area contributed by atoms with E-state index in [0.717, 1.165) is 54.4 Å². The lowest BCUT2D eigenvalue weighted by Gasteiger charge is -2.28. The van der Waals surface area contributed by atoms with Crippen LogP contribution in [0.2, 0.25) is 5.02 Å². The van der Waals surface area contributed by atoms with Gasteiger partial charge in [-0.15, -0.1) is 0 Å². The van der Waals surface area contributed by atoms with Crippen molar-refractivity contribution in [2.45, 2.75) is 51.5 Å². The molecule has 6 nitrogen and oxygen atoms in total. The number of hydrogen-bond donors (Lipinski definition) is 3. The number of aliphatic hydroxyl groups excluding tert-OH is 1. The Morgan fingerprint density at radius 2 is 1.86 bits per heavy atom. The third-order valence-electron chi connectivity index (χ3n) is 7.01. The lowest BCUT2D eigenvalue weighted by molar-refractivity contribution is 0.0939. The van der Waals surface area contributed by atoms with Gasteiger partial charge in [0.15, 0.2) is 0 Å². The van der Waals surface area contributed by atoms with E-state index in [2.05, 4.69) is 10.6 Å². The lowest BCUT2D eigenvalue weighted by atomic mass is 9.80. The Bertz CT molecular complexity index is 960. The molecule has 7 heteroatoms. The van der Waals surface area contributed by atoms with Gasteiger partial charge in [-0.05, 0) is 80.3 Å². The number of amides is 1. The number of carbonyl (C=O) groups is 1. The molecular formula is C28H39ClN2O4. The van der Waals surface area contributed by atoms with Crippen LogP contribution in [0.4, 0.5) is 5.69 Å². The molecule has 35 heavy (non-hydrogen) atoms. The quantitative estimate of drug-likeness (QED) is 0.350. The molecule has 2 aromatic rings. The van der Waals surface area contributed by atoms with Crippen molar-refractivity contribution in [1.82, 2.24) is 5.32 Å². The van der Waals surface area contributed by atoms with Gasteiger partial charge in [-0.25, -0.2) is 0 Å². The number of methoxy groups -OCH3 is 2. The zero-order valence-electron chi connectivity index (χ0n) is 21.1. The number of hydrogen-bond acceptors (Lipinski definition) is 5. The van der Waals surface area contributed by atoms with Gasteiger partial charge in [0.25, 0.3) is 5.91 Å². The average molecular weight is 503 g/mol. The molecule has 0 saturated heterocycles. The topological polar surface area (TPSA) is 79.8 Å². The van der Waals surface area contributed by atoms with Crippen LogP contribution >= 0.6 is 11.6 Å². The third kappa shape index (κ3) is 7.86. The molecule has 1 saturated carbocycles. The third-order valence-corrected chi connectivity index (χ3v) is 7.32. The molecule has 3 N–H and O–H groups in total. The Kier molecular flexibility index (Phi) is 10.7. The Morgan fingerprint density at radius 1 is 1.11 bits per heavy atom. The van der Waals surface area contributed by atoms with Crippen LogP contribution in [-0.4, -0.2) is 45.0 Å². The smallest absolute Gasteiger partial charge is 0.251 e. The number of carbonyl (C=O) groups excluding carboxylic acids is 1. The molecule has 1 aliphatic carbocycles. The van der Waals surface area contributed by atoms with Crippen molar-refractivity contribution >= 4 is 23.2 Å². The highest BCUT2D eigenvalue weighted by molar-refractivity contribution is 6.33. The molecule has 1 aliphatic rings. The fourth-order valence-electron chi connectivity index (χ4n) is 4.84. The second-order valence-electron chi connectivity index (χ2n) is 9.49. The molecular weight excluding hydrogens is 464 g/mol. The van der Waals surface area contributed by atoms with Crippen LogP contribution in [0.3, 0.4) is 0 Å². The Morgan fingerprint density at radius 3 is 2.51 bits per heavy atom. The van der Waals surface area contributed by atoms with Crippen LogP contribution in [0.25, 0.3) is 0 Å². The predicted octanol–water partition coefficient (Wildman–Crippen LogP) is 5.63. The Hall–Kier alpha value is -2.28. The Labute approximate surface area is 214 Å². The highest BCUT2D eigenvalue weighted by atomic mass is 35.5. The summed E-state index contributed by atoms with van der Waals surface area (Å²) in [6.07, 6.45) is 6.44. The van der Waals surface area contributed by atoms with Crippen molar-refractivity contribution in [3.05, 3.63) is 58.1 Å². The minimum absolute atomic E-state index is 0.0835. The molecule has 1 fully saturated rings. The molecule has 0 bridgehead atoms. The number of ether oxygens (including phenoxy) is 2. The molecule has 0 spiro atoms. The van der Waals surface area contributed by atoms with Crippen molar-refractivity contribution in [2.75, 3.05) is 39.3 Å². The molecule has 3 rings (SSSR count). The first-order valence-corrected chi connectivity index (χ1v) is 12.9. The number of aliphatic hydroxyl groups is 1. The monoisotopic (exact) mass is 502 g/mol. The number of benzene rings is 2. The van der Waals surface area contributed by atoms with E-state index in [1.54, 1.807) is 26.4 Å². The number of anilines is 1. The van der Waals surface area contributed by atoms with Gasteiger partial charge in [-0.2, -0.15) is 0 Å². The number of nitrogens with one attached hydrogen (secondary N) is 2. The fourth-order valence-corrected chi connectivity index (χ4v) is 5.07. The molecule has 0 aromatic heterocycles. The summed E-state index contributed by atoms with van der Waals surface area (Å²) in [6, 6.07) is 11.2. The van der Waals surface area contributed by atoms with E-state index in [0.29, 0.717) is 29.5 Å². The largest absolute Gasteiger partial charge is 0.496 e. The normalized spacial score (nSPS) is 18.7. The maximum absolute atomic E-state index is 12.7. The number of halogens is 1. The van der Waals surface area contributed by atoms with Gasteiger partial charge in [0.1, 0.15) is 5.75 Å². The molecule has 1 amide bonds. The lowest BCUT2D eigenvalue weighted by Crippen LogP contribution is -2.31. The van der Waals surface area contributed by atoms with Gasteiger partial charge < -0.3 is 25.2 Å². The van der Waals surface area contributed by atoms with E-state index >= 15 is 0 Å². The van der Waals surface area contributed by atoms with E-state index in [9.17, 15) is 9.90 Å². The molecule has 1 unspecified atom stereocenters. The first-order chi connectivity index (χ1) is 16.9. The fraction of sp³-hybridized carbons (Fsp3) is 0.536. The van der Waals surface area contributed by atoms with Gasteiger partial charge in [0.2, 0.25) is 0 Å². The van der Waals surface area contributed by atoms with E-state index in [1.165, 1.54) is 12.8 Å². The first-order valence-electron chi connectivity index (χ1n) is 12.6. The van der Waals surface area contributed by atoms with Crippen LogP contribution < -0.4 is 15.4 Å². The molecule has 0 radical (unpaired) electrons. The maximum Gasteiger partial charge on any atom is 0.251 e. The van der Waals surface area contributed by atoms with Gasteiger partial charge in [-0.1, -0.05) is 30.5 Å². The molecule has 0 aliphatic heterocycles. The second-order valence-corrected chi connectivity index (χ2v) is 9.90. The minimum Gasteiger partial charge on any atom is -0.496 e. The van der Waals surface area contributed by atoms with Crippen molar-refractivity contribution in [3.8, 4) is 5.75 Å². The minimum atomic E-state index is -0.0913. The van der Waals surface area contributed by atoms with Crippen molar-refractivity contribution < 1.29 is 19.4 Å². The zero-order valence-corrected chi connectivity index (χ0v) is 21.9. The highest BCUT2D eigenvalue weighted by Crippen LogP contribution is 2.33. The van der Waals surface area contributed by atoms with Gasteiger partial charge >= 0.3 is 0 Å². The summed E-state index contributed by atoms with van der Waals surface area (Å²) in [7, 11) is 3.40. The van der Waals surface area contributed by atoms with Crippen LogP contribution in [0.15, 0.2) is 36.4 Å². The number of rotatable bonds is 12. The summed E-state index contributed by atoms with van der Waals surface area (Å²) in [4.78, 5) is 12.7. The SMILES string of the molecule is COCCC1CCC(CNC(=O)c2ccc(NC(C)c3cc(CCO)ccc3OC)c(Cl)c2)CC1. The predicted molar refractivity (Wildman–Crippen MR) is 142 cm³/mol. The zero-order chi connectivity index (χ0) is 25.2. The van der Waals surface area contributed by atoms with E-state index in [-0.39, 0.29) is 18.6 Å². The van der Waals surface area contributed by atoms with E-state index in [1.807, 2.05) is 31.2 Å². The Balaban J connectivity index is 1.56. The van der Waals surface area contributed by atoms with Crippen molar-refractivity contribution in [3.63, 3.8) is 0 Å². The van der Waals surface area contributed by atoms with Gasteiger partial charge in [-0.3, -0.25) is 4.79 Å². The molecule has 2 aromatic carbocycles. The molecule has 192 valence electrons. The van der Waals surface area contributed by atoms with Crippen LogP contribution in [0, 0.1) is 11.8 Å². The van der Waals surface area contributed by atoms with Crippen LogP contribution in [0.5, 0.6) is 5.75 Å². The summed E-state index contributed by atoms with van der Waals surface area (Å²) >= 11 is 6.55. The summed E-state index contributed by atoms with van der Waals surface area (Å²) in [6.45, 7) is 3.66. The van der Waals surface area contributed by atoms with E-state index in [4.69, 9.17) is 21.1 Å². The van der Waals surface area contributed by atoms with Crippen molar-refractivity contribution in [1.29, 1.82) is 0 Å². The summed E-state index contributed by atoms with van der Waals surface area (Å²) in [5, 5.41) is 16.3. The summed E-state index contributed by atoms with van der Waals surface area (Å²) in [5.74, 6) is 1.96. The average Bonchev–Trinajstić information content (AvgIpc) is 2.87. The van der Waals surface area contributed by atoms with Gasteiger partial charge in [0, 0.05) is 38.0 Å². The second kappa shape index (κ2) is 13.7. The summed E-state index contributed by atoms with van der Waals surface area (Å²) < 4.78 is 10.7. The molecule has 1 atom stereocenters.